The maximum Gasteiger partial charge on any atom is 0.372 e. The molecule has 4 N–H and O–H groups in total. The quantitative estimate of drug-likeness (QED) is 0.289. The first kappa shape index (κ1) is 20.2. The van der Waals surface area contributed by atoms with E-state index in [1.165, 1.54) is 22.2 Å². The number of hydrogen-bond acceptors (Lipinski definition) is 4. The first-order valence-electron chi connectivity index (χ1n) is 9.97. The summed E-state index contributed by atoms with van der Waals surface area (Å²) in [6.45, 7) is 0. The standard InChI is InChI=1S/C14H11N.C11H11NO4/c1-2-6-11(7-3-1)14-10-12-8-4-5-9-13(12)15-14;13-8-1-2-9-6(4-8)3-7(12-9)5-10(14)11(15)16/h1-10,15H;1-2,4,7,12-13H,3,5H2,(H,15,16). The number of fused-ring (bicyclic) bond motifs is 2. The van der Waals surface area contributed by atoms with Crippen molar-refractivity contribution in [2.75, 3.05) is 5.32 Å². The number of carboxylic acid groups (broad SMARTS) is 1. The second-order valence-electron chi connectivity index (χ2n) is 7.46. The van der Waals surface area contributed by atoms with Gasteiger partial charge in [0, 0.05) is 34.7 Å². The zero-order valence-electron chi connectivity index (χ0n) is 16.7. The molecule has 6 heteroatoms. The first-order chi connectivity index (χ1) is 15.0. The number of carbonyl (C=O) groups excluding carboxylic acids is 1. The summed E-state index contributed by atoms with van der Waals surface area (Å²) >= 11 is 0. The Morgan fingerprint density at radius 2 is 1.68 bits per heavy atom. The molecule has 156 valence electrons. The number of aromatic amines is 1. The van der Waals surface area contributed by atoms with Crippen LogP contribution in [0.25, 0.3) is 22.2 Å². The number of nitrogens with one attached hydrogen (secondary N) is 2. The molecule has 2 heterocycles. The summed E-state index contributed by atoms with van der Waals surface area (Å²) in [6, 6.07) is 25.6. The number of hydrogen-bond donors (Lipinski definition) is 4. The molecular weight excluding hydrogens is 392 g/mol. The van der Waals surface area contributed by atoms with Crippen LogP contribution < -0.4 is 5.32 Å². The van der Waals surface area contributed by atoms with Crippen molar-refractivity contribution < 1.29 is 19.8 Å². The molecule has 1 aliphatic heterocycles. The van der Waals surface area contributed by atoms with E-state index in [1.807, 2.05) is 12.1 Å². The summed E-state index contributed by atoms with van der Waals surface area (Å²) < 4.78 is 0. The largest absolute Gasteiger partial charge is 0.508 e. The van der Waals surface area contributed by atoms with Crippen molar-refractivity contribution in [3.8, 4) is 17.0 Å². The summed E-state index contributed by atoms with van der Waals surface area (Å²) in [5, 5.41) is 22.1. The van der Waals surface area contributed by atoms with Crippen LogP contribution in [-0.2, 0) is 16.0 Å². The summed E-state index contributed by atoms with van der Waals surface area (Å²) in [5.74, 6) is -2.03. The second-order valence-corrected chi connectivity index (χ2v) is 7.46. The van der Waals surface area contributed by atoms with Gasteiger partial charge in [-0.25, -0.2) is 4.79 Å². The van der Waals surface area contributed by atoms with Crippen LogP contribution in [0.1, 0.15) is 12.0 Å². The number of Topliss-reactive ketones (excluding diaryl/α,β-unsaturated/α-hetero) is 1. The van der Waals surface area contributed by atoms with Crippen molar-refractivity contribution in [3.05, 3.63) is 84.4 Å². The predicted molar refractivity (Wildman–Crippen MR) is 120 cm³/mol. The molecule has 6 nitrogen and oxygen atoms in total. The Morgan fingerprint density at radius 1 is 0.935 bits per heavy atom. The predicted octanol–water partition coefficient (Wildman–Crippen LogP) is 4.61. The molecule has 1 aliphatic rings. The Balaban J connectivity index is 0.000000149. The third-order valence-corrected chi connectivity index (χ3v) is 5.20. The number of ketones is 1. The maximum absolute atomic E-state index is 11.0. The molecule has 0 bridgehead atoms. The lowest BCUT2D eigenvalue weighted by Gasteiger charge is -2.07. The number of aliphatic carboxylic acids is 1. The van der Waals surface area contributed by atoms with Crippen LogP contribution in [0.3, 0.4) is 0 Å². The molecule has 0 radical (unpaired) electrons. The van der Waals surface area contributed by atoms with Crippen LogP contribution >= 0.6 is 0 Å². The topological polar surface area (TPSA) is 102 Å². The lowest BCUT2D eigenvalue weighted by atomic mass is 10.1. The lowest BCUT2D eigenvalue weighted by molar-refractivity contribution is -0.149. The molecule has 3 aromatic carbocycles. The van der Waals surface area contributed by atoms with Crippen molar-refractivity contribution >= 4 is 28.3 Å². The third-order valence-electron chi connectivity index (χ3n) is 5.20. The van der Waals surface area contributed by atoms with E-state index in [-0.39, 0.29) is 18.2 Å². The molecule has 1 unspecified atom stereocenters. The SMILES string of the molecule is O=C(O)C(=O)CC1Cc2cc(O)ccc2N1.c1ccc(-c2cc3ccccc3[nH]2)cc1. The van der Waals surface area contributed by atoms with Crippen LogP contribution in [0.5, 0.6) is 5.75 Å². The minimum atomic E-state index is -1.40. The summed E-state index contributed by atoms with van der Waals surface area (Å²) in [6.07, 6.45) is 0.521. The van der Waals surface area contributed by atoms with Crippen molar-refractivity contribution in [3.63, 3.8) is 0 Å². The number of anilines is 1. The lowest BCUT2D eigenvalue weighted by Crippen LogP contribution is -2.24. The van der Waals surface area contributed by atoms with Gasteiger partial charge in [-0.2, -0.15) is 0 Å². The van der Waals surface area contributed by atoms with Crippen molar-refractivity contribution in [1.29, 1.82) is 0 Å². The summed E-state index contributed by atoms with van der Waals surface area (Å²) in [5.41, 5.74) is 5.35. The fraction of sp³-hybridized carbons (Fsp3) is 0.120. The van der Waals surface area contributed by atoms with E-state index in [0.29, 0.717) is 6.42 Å². The molecule has 1 atom stereocenters. The van der Waals surface area contributed by atoms with Crippen LogP contribution in [0, 0.1) is 0 Å². The highest BCUT2D eigenvalue weighted by Crippen LogP contribution is 2.30. The normalized spacial score (nSPS) is 14.3. The van der Waals surface area contributed by atoms with Gasteiger partial charge in [0.05, 0.1) is 0 Å². The highest BCUT2D eigenvalue weighted by Gasteiger charge is 2.25. The number of aromatic hydroxyl groups is 1. The third kappa shape index (κ3) is 4.75. The Morgan fingerprint density at radius 3 is 2.42 bits per heavy atom. The van der Waals surface area contributed by atoms with Crippen LogP contribution in [0.4, 0.5) is 5.69 Å². The number of carboxylic acids is 1. The van der Waals surface area contributed by atoms with E-state index in [1.54, 1.807) is 18.2 Å². The van der Waals surface area contributed by atoms with Crippen LogP contribution in [-0.4, -0.2) is 33.0 Å². The number of H-pyrrole nitrogens is 1. The van der Waals surface area contributed by atoms with Gasteiger partial charge in [-0.3, -0.25) is 4.79 Å². The Hall–Kier alpha value is -4.06. The zero-order valence-corrected chi connectivity index (χ0v) is 16.7. The molecule has 0 saturated heterocycles. The van der Waals surface area contributed by atoms with Gasteiger partial charge < -0.3 is 20.5 Å². The first-order valence-corrected chi connectivity index (χ1v) is 9.97. The molecule has 1 aromatic heterocycles. The Kier molecular flexibility index (Phi) is 5.71. The van der Waals surface area contributed by atoms with E-state index in [4.69, 9.17) is 5.11 Å². The molecule has 31 heavy (non-hydrogen) atoms. The molecule has 0 aliphatic carbocycles. The van der Waals surface area contributed by atoms with Gasteiger partial charge in [0.15, 0.2) is 0 Å². The highest BCUT2D eigenvalue weighted by atomic mass is 16.4. The van der Waals surface area contributed by atoms with E-state index < -0.39 is 11.8 Å². The maximum atomic E-state index is 11.0. The second kappa shape index (κ2) is 8.75. The molecule has 4 aromatic rings. The number of phenolic OH excluding ortho intramolecular Hbond substituents is 1. The van der Waals surface area contributed by atoms with Gasteiger partial charge in [0.2, 0.25) is 5.78 Å². The molecule has 0 fully saturated rings. The number of aromatic nitrogens is 1. The van der Waals surface area contributed by atoms with Crippen LogP contribution in [0.2, 0.25) is 0 Å². The highest BCUT2D eigenvalue weighted by molar-refractivity contribution is 6.32. The number of benzene rings is 3. The fourth-order valence-corrected chi connectivity index (χ4v) is 3.71. The summed E-state index contributed by atoms with van der Waals surface area (Å²) in [7, 11) is 0. The number of para-hydroxylation sites is 1. The molecule has 5 rings (SSSR count). The Labute approximate surface area is 179 Å². The van der Waals surface area contributed by atoms with Gasteiger partial charge in [-0.1, -0.05) is 48.5 Å². The van der Waals surface area contributed by atoms with E-state index in [9.17, 15) is 14.7 Å². The molecule has 0 amide bonds. The van der Waals surface area contributed by atoms with Gasteiger partial charge in [-0.15, -0.1) is 0 Å². The number of carbonyl (C=O) groups is 2. The van der Waals surface area contributed by atoms with E-state index in [2.05, 4.69) is 58.8 Å². The molecule has 0 saturated carbocycles. The fourth-order valence-electron chi connectivity index (χ4n) is 3.71. The van der Waals surface area contributed by atoms with Gasteiger partial charge in [0.25, 0.3) is 0 Å². The van der Waals surface area contributed by atoms with Crippen molar-refractivity contribution in [2.45, 2.75) is 18.9 Å². The average Bonchev–Trinajstić information content (AvgIpc) is 3.38. The van der Waals surface area contributed by atoms with Gasteiger partial charge >= 0.3 is 5.97 Å². The average molecular weight is 414 g/mol. The number of rotatable bonds is 4. The summed E-state index contributed by atoms with van der Waals surface area (Å²) in [4.78, 5) is 24.8. The Bertz CT molecular complexity index is 1200. The van der Waals surface area contributed by atoms with Crippen LogP contribution in [0.15, 0.2) is 78.9 Å². The van der Waals surface area contributed by atoms with Gasteiger partial charge in [-0.05, 0) is 47.9 Å². The minimum absolute atomic E-state index is 0.0369. The van der Waals surface area contributed by atoms with Crippen molar-refractivity contribution in [2.24, 2.45) is 0 Å². The number of phenols is 1. The van der Waals surface area contributed by atoms with E-state index in [0.717, 1.165) is 11.3 Å². The van der Waals surface area contributed by atoms with Gasteiger partial charge in [0.1, 0.15) is 5.75 Å². The van der Waals surface area contributed by atoms with E-state index >= 15 is 0 Å². The smallest absolute Gasteiger partial charge is 0.372 e. The molecule has 0 spiro atoms. The molecular formula is C25H22N2O4. The monoisotopic (exact) mass is 414 g/mol. The minimum Gasteiger partial charge on any atom is -0.508 e. The van der Waals surface area contributed by atoms with Crippen molar-refractivity contribution in [1.82, 2.24) is 4.98 Å². The zero-order chi connectivity index (χ0) is 21.8.